The Balaban J connectivity index is 2.38. The van der Waals surface area contributed by atoms with E-state index in [9.17, 15) is 10.2 Å². The zero-order chi connectivity index (χ0) is 12.7. The van der Waals surface area contributed by atoms with Crippen molar-refractivity contribution in [1.29, 1.82) is 0 Å². The van der Waals surface area contributed by atoms with Crippen LogP contribution in [0.5, 0.6) is 0 Å². The van der Waals surface area contributed by atoms with Crippen LogP contribution in [0.4, 0.5) is 0 Å². The molecule has 0 aromatic heterocycles. The Morgan fingerprint density at radius 1 is 1.41 bits per heavy atom. The van der Waals surface area contributed by atoms with Gasteiger partial charge in [-0.3, -0.25) is 0 Å². The van der Waals surface area contributed by atoms with Crippen molar-refractivity contribution in [2.75, 3.05) is 6.61 Å². The summed E-state index contributed by atoms with van der Waals surface area (Å²) in [5, 5.41) is 19.6. The summed E-state index contributed by atoms with van der Waals surface area (Å²) in [5.74, 6) is 0.207. The van der Waals surface area contributed by atoms with Crippen molar-refractivity contribution in [3.05, 3.63) is 23.3 Å². The Hall–Kier alpha value is -0.600. The van der Waals surface area contributed by atoms with Gasteiger partial charge in [-0.15, -0.1) is 0 Å². The molecule has 2 atom stereocenters. The fourth-order valence-electron chi connectivity index (χ4n) is 3.23. The molecule has 2 aliphatic rings. The van der Waals surface area contributed by atoms with Crippen LogP contribution in [-0.2, 0) is 0 Å². The maximum absolute atomic E-state index is 10.1. The molecule has 0 spiro atoms. The molecule has 0 saturated heterocycles. The number of aliphatic hydroxyl groups excluding tert-OH is 1. The lowest BCUT2D eigenvalue weighted by Gasteiger charge is -2.44. The van der Waals surface area contributed by atoms with E-state index >= 15 is 0 Å². The minimum atomic E-state index is -0.660. The van der Waals surface area contributed by atoms with Gasteiger partial charge in [0.25, 0.3) is 0 Å². The summed E-state index contributed by atoms with van der Waals surface area (Å²) in [6.45, 7) is 6.17. The smallest absolute Gasteiger partial charge is 0.0681 e. The maximum Gasteiger partial charge on any atom is 0.0681 e. The third-order valence-electron chi connectivity index (χ3n) is 4.54. The number of rotatable bonds is 2. The van der Waals surface area contributed by atoms with Gasteiger partial charge in [-0.25, -0.2) is 0 Å². The highest BCUT2D eigenvalue weighted by Gasteiger charge is 2.39. The minimum absolute atomic E-state index is 0.125. The standard InChI is InChI=1S/C15H24O2/c1-14(2,17)12-6-8-15(3)7-4-5-11(10-16)13(15)9-12/h5,9,12,16-17H,4,6-8,10H2,1-3H3/t12-,15-/m0/s1. The molecule has 2 aliphatic carbocycles. The van der Waals surface area contributed by atoms with E-state index in [2.05, 4.69) is 19.1 Å². The van der Waals surface area contributed by atoms with E-state index < -0.39 is 5.60 Å². The summed E-state index contributed by atoms with van der Waals surface area (Å²) in [6.07, 6.45) is 8.76. The summed E-state index contributed by atoms with van der Waals surface area (Å²) in [7, 11) is 0. The average Bonchev–Trinajstić information content (AvgIpc) is 2.25. The Morgan fingerprint density at radius 2 is 2.12 bits per heavy atom. The minimum Gasteiger partial charge on any atom is -0.392 e. The van der Waals surface area contributed by atoms with Gasteiger partial charge in [-0.1, -0.05) is 19.1 Å². The van der Waals surface area contributed by atoms with Gasteiger partial charge in [0.05, 0.1) is 12.2 Å². The van der Waals surface area contributed by atoms with Crippen molar-refractivity contribution in [2.24, 2.45) is 11.3 Å². The van der Waals surface area contributed by atoms with Crippen molar-refractivity contribution in [3.8, 4) is 0 Å². The van der Waals surface area contributed by atoms with Crippen LogP contribution in [0.1, 0.15) is 46.5 Å². The number of fused-ring (bicyclic) bond motifs is 1. The van der Waals surface area contributed by atoms with Gasteiger partial charge in [-0.2, -0.15) is 0 Å². The second-order valence-electron chi connectivity index (χ2n) is 6.37. The highest BCUT2D eigenvalue weighted by atomic mass is 16.3. The average molecular weight is 236 g/mol. The normalized spacial score (nSPS) is 33.8. The lowest BCUT2D eigenvalue weighted by Crippen LogP contribution is -2.37. The van der Waals surface area contributed by atoms with Gasteiger partial charge in [-0.05, 0) is 56.1 Å². The van der Waals surface area contributed by atoms with Crippen LogP contribution in [-0.4, -0.2) is 22.4 Å². The Labute approximate surface area is 104 Å². The number of hydrogen-bond acceptors (Lipinski definition) is 2. The number of aliphatic hydroxyl groups is 2. The van der Waals surface area contributed by atoms with Gasteiger partial charge >= 0.3 is 0 Å². The molecular weight excluding hydrogens is 212 g/mol. The molecule has 96 valence electrons. The number of allylic oxidation sites excluding steroid dienone is 1. The zero-order valence-electron chi connectivity index (χ0n) is 11.2. The van der Waals surface area contributed by atoms with Crippen molar-refractivity contribution in [2.45, 2.75) is 52.1 Å². The first-order valence-corrected chi connectivity index (χ1v) is 6.62. The van der Waals surface area contributed by atoms with Crippen LogP contribution in [0.3, 0.4) is 0 Å². The predicted octanol–water partition coefficient (Wildman–Crippen LogP) is 2.81. The second kappa shape index (κ2) is 4.25. The lowest BCUT2D eigenvalue weighted by molar-refractivity contribution is 0.0237. The first-order chi connectivity index (χ1) is 7.87. The molecule has 0 amide bonds. The summed E-state index contributed by atoms with van der Waals surface area (Å²) < 4.78 is 0. The summed E-state index contributed by atoms with van der Waals surface area (Å²) >= 11 is 0. The molecule has 0 aliphatic heterocycles. The van der Waals surface area contributed by atoms with E-state index in [0.29, 0.717) is 0 Å². The number of hydrogen-bond donors (Lipinski definition) is 2. The van der Waals surface area contributed by atoms with Gasteiger partial charge in [0.15, 0.2) is 0 Å². The van der Waals surface area contributed by atoms with Gasteiger partial charge in [0.2, 0.25) is 0 Å². The molecule has 0 radical (unpaired) electrons. The van der Waals surface area contributed by atoms with E-state index in [0.717, 1.165) is 24.8 Å². The van der Waals surface area contributed by atoms with E-state index in [1.54, 1.807) is 0 Å². The third-order valence-corrected chi connectivity index (χ3v) is 4.54. The molecule has 2 rings (SSSR count). The van der Waals surface area contributed by atoms with Gasteiger partial charge in [0, 0.05) is 5.92 Å². The Kier molecular flexibility index (Phi) is 3.21. The Morgan fingerprint density at radius 3 is 2.71 bits per heavy atom. The van der Waals surface area contributed by atoms with Crippen LogP contribution in [0.15, 0.2) is 23.3 Å². The molecule has 0 saturated carbocycles. The largest absolute Gasteiger partial charge is 0.392 e. The summed E-state index contributed by atoms with van der Waals surface area (Å²) in [5.41, 5.74) is 1.92. The first-order valence-electron chi connectivity index (χ1n) is 6.62. The van der Waals surface area contributed by atoms with Crippen molar-refractivity contribution < 1.29 is 10.2 Å². The highest BCUT2D eigenvalue weighted by Crippen LogP contribution is 2.49. The van der Waals surface area contributed by atoms with Crippen molar-refractivity contribution in [1.82, 2.24) is 0 Å². The lowest BCUT2D eigenvalue weighted by atomic mass is 9.62. The first kappa shape index (κ1) is 12.8. The molecule has 0 aromatic carbocycles. The fraction of sp³-hybridized carbons (Fsp3) is 0.733. The molecule has 0 bridgehead atoms. The molecule has 0 aromatic rings. The highest BCUT2D eigenvalue weighted by molar-refractivity contribution is 5.41. The monoisotopic (exact) mass is 236 g/mol. The molecule has 17 heavy (non-hydrogen) atoms. The van der Waals surface area contributed by atoms with E-state index in [1.165, 1.54) is 12.0 Å². The van der Waals surface area contributed by atoms with Gasteiger partial charge < -0.3 is 10.2 Å². The summed E-state index contributed by atoms with van der Waals surface area (Å²) in [6, 6.07) is 0. The van der Waals surface area contributed by atoms with Crippen LogP contribution < -0.4 is 0 Å². The van der Waals surface area contributed by atoms with E-state index in [4.69, 9.17) is 0 Å². The topological polar surface area (TPSA) is 40.5 Å². The predicted molar refractivity (Wildman–Crippen MR) is 69.6 cm³/mol. The molecule has 2 heteroatoms. The molecular formula is C15H24O2. The fourth-order valence-corrected chi connectivity index (χ4v) is 3.23. The SMILES string of the molecule is CC(C)(O)[C@@H]1C=C2C(CO)=CCC[C@@]2(C)CC1. The molecule has 0 fully saturated rings. The van der Waals surface area contributed by atoms with Crippen LogP contribution in [0.25, 0.3) is 0 Å². The van der Waals surface area contributed by atoms with Crippen molar-refractivity contribution >= 4 is 0 Å². The van der Waals surface area contributed by atoms with Crippen LogP contribution in [0.2, 0.25) is 0 Å². The quantitative estimate of drug-likeness (QED) is 0.774. The second-order valence-corrected chi connectivity index (χ2v) is 6.37. The molecule has 0 unspecified atom stereocenters. The maximum atomic E-state index is 10.1. The summed E-state index contributed by atoms with van der Waals surface area (Å²) in [4.78, 5) is 0. The zero-order valence-corrected chi connectivity index (χ0v) is 11.2. The van der Waals surface area contributed by atoms with E-state index in [-0.39, 0.29) is 17.9 Å². The van der Waals surface area contributed by atoms with Crippen LogP contribution in [0, 0.1) is 11.3 Å². The molecule has 2 N–H and O–H groups in total. The third kappa shape index (κ3) is 2.34. The van der Waals surface area contributed by atoms with E-state index in [1.807, 2.05) is 13.8 Å². The molecule has 0 heterocycles. The van der Waals surface area contributed by atoms with Crippen LogP contribution >= 0.6 is 0 Å². The van der Waals surface area contributed by atoms with Gasteiger partial charge in [0.1, 0.15) is 0 Å². The molecule has 2 nitrogen and oxygen atoms in total. The van der Waals surface area contributed by atoms with Crippen molar-refractivity contribution in [3.63, 3.8) is 0 Å². The Bertz CT molecular complexity index is 360.